The first-order chi connectivity index (χ1) is 12.4. The topological polar surface area (TPSA) is 136 Å². The van der Waals surface area contributed by atoms with Crippen molar-refractivity contribution in [3.8, 4) is 0 Å². The number of anilines is 1. The first-order valence-electron chi connectivity index (χ1n) is 8.25. The number of β-amino-alcohol motifs (C(OH)–C–C–N with tert-alkyl or cyclic N) is 1. The normalized spacial score (nSPS) is 23.5. The van der Waals surface area contributed by atoms with Gasteiger partial charge in [0.1, 0.15) is 17.4 Å². The lowest BCUT2D eigenvalue weighted by Crippen LogP contribution is -2.54. The number of likely N-dealkylation sites (tertiary alicyclic amines) is 1. The van der Waals surface area contributed by atoms with E-state index in [1.165, 1.54) is 6.33 Å². The van der Waals surface area contributed by atoms with E-state index in [1.54, 1.807) is 35.7 Å². The van der Waals surface area contributed by atoms with Gasteiger partial charge < -0.3 is 24.8 Å². The average molecular weight is 357 g/mol. The first kappa shape index (κ1) is 16.5. The molecule has 1 amide bonds. The minimum absolute atomic E-state index is 0.149. The molecule has 0 saturated carbocycles. The summed E-state index contributed by atoms with van der Waals surface area (Å²) in [6.45, 7) is 4.05. The van der Waals surface area contributed by atoms with Crippen molar-refractivity contribution in [2.45, 2.75) is 31.9 Å². The number of carbonyl (C=O) groups excluding carboxylic acids is 1. The fourth-order valence-electron chi connectivity index (χ4n) is 3.49. The molecule has 26 heavy (non-hydrogen) atoms. The summed E-state index contributed by atoms with van der Waals surface area (Å²) in [4.78, 5) is 26.6. The van der Waals surface area contributed by atoms with Gasteiger partial charge in [-0.15, -0.1) is 0 Å². The van der Waals surface area contributed by atoms with Crippen LogP contribution in [0.4, 0.5) is 5.82 Å². The zero-order chi connectivity index (χ0) is 18.5. The first-order valence-corrected chi connectivity index (χ1v) is 8.25. The maximum Gasteiger partial charge on any atom is 0.292 e. The summed E-state index contributed by atoms with van der Waals surface area (Å²) in [5, 5.41) is 14.8. The van der Waals surface area contributed by atoms with E-state index in [0.717, 1.165) is 0 Å². The standard InChI is InChI=1S/C16H19N7O3/c1-9-5-10(26-21-9)15(24)22-4-3-11(16(2,25)6-22)23-8-20-12-13(17)18-7-19-14(12)23/h5,7-8,11,25H,3-4,6H2,1-2H3,(H2,17,18,19)/t11-,16-/m1/s1. The third kappa shape index (κ3) is 2.58. The lowest BCUT2D eigenvalue weighted by Gasteiger charge is -2.43. The zero-order valence-corrected chi connectivity index (χ0v) is 14.5. The van der Waals surface area contributed by atoms with Crippen LogP contribution >= 0.6 is 0 Å². The molecule has 1 aliphatic heterocycles. The minimum Gasteiger partial charge on any atom is -0.386 e. The van der Waals surface area contributed by atoms with Crippen molar-refractivity contribution in [3.63, 3.8) is 0 Å². The van der Waals surface area contributed by atoms with E-state index in [4.69, 9.17) is 10.3 Å². The predicted molar refractivity (Wildman–Crippen MR) is 91.2 cm³/mol. The summed E-state index contributed by atoms with van der Waals surface area (Å²) in [7, 11) is 0. The molecule has 0 spiro atoms. The lowest BCUT2D eigenvalue weighted by atomic mass is 9.88. The number of carbonyl (C=O) groups is 1. The molecule has 0 radical (unpaired) electrons. The molecule has 136 valence electrons. The molecule has 10 nitrogen and oxygen atoms in total. The number of nitrogen functional groups attached to an aromatic ring is 1. The highest BCUT2D eigenvalue weighted by molar-refractivity contribution is 5.91. The van der Waals surface area contributed by atoms with E-state index in [0.29, 0.717) is 35.6 Å². The van der Waals surface area contributed by atoms with Gasteiger partial charge in [-0.3, -0.25) is 4.79 Å². The molecular weight excluding hydrogens is 338 g/mol. The van der Waals surface area contributed by atoms with Crippen LogP contribution in [0.25, 0.3) is 11.2 Å². The molecule has 3 N–H and O–H groups in total. The second-order valence-electron chi connectivity index (χ2n) is 6.80. The van der Waals surface area contributed by atoms with E-state index in [9.17, 15) is 9.90 Å². The van der Waals surface area contributed by atoms with Crippen molar-refractivity contribution in [2.75, 3.05) is 18.8 Å². The second-order valence-corrected chi connectivity index (χ2v) is 6.80. The Bertz CT molecular complexity index is 977. The fourth-order valence-corrected chi connectivity index (χ4v) is 3.49. The molecule has 1 fully saturated rings. The Morgan fingerprint density at radius 2 is 2.23 bits per heavy atom. The minimum atomic E-state index is -1.18. The van der Waals surface area contributed by atoms with Gasteiger partial charge in [-0.25, -0.2) is 15.0 Å². The summed E-state index contributed by atoms with van der Waals surface area (Å²) in [5.74, 6) is 0.179. The van der Waals surface area contributed by atoms with Crippen LogP contribution in [0.3, 0.4) is 0 Å². The number of piperidine rings is 1. The summed E-state index contributed by atoms with van der Waals surface area (Å²) < 4.78 is 6.85. The maximum atomic E-state index is 12.6. The SMILES string of the molecule is Cc1cc(C(=O)N2CC[C@@H](n3cnc4c(N)ncnc43)[C@](C)(O)C2)on1. The van der Waals surface area contributed by atoms with E-state index < -0.39 is 5.60 Å². The third-order valence-electron chi connectivity index (χ3n) is 4.75. The molecule has 3 aromatic heterocycles. The Kier molecular flexibility index (Phi) is 3.65. The highest BCUT2D eigenvalue weighted by Gasteiger charge is 2.42. The van der Waals surface area contributed by atoms with Crippen molar-refractivity contribution in [3.05, 3.63) is 30.2 Å². The van der Waals surface area contributed by atoms with Gasteiger partial charge in [-0.2, -0.15) is 0 Å². The highest BCUT2D eigenvalue weighted by Crippen LogP contribution is 2.34. The smallest absolute Gasteiger partial charge is 0.292 e. The number of aryl methyl sites for hydroxylation is 1. The summed E-state index contributed by atoms with van der Waals surface area (Å²) in [6.07, 6.45) is 3.50. The Balaban J connectivity index is 1.61. The molecule has 1 aliphatic rings. The van der Waals surface area contributed by atoms with Crippen LogP contribution < -0.4 is 5.73 Å². The fraction of sp³-hybridized carbons (Fsp3) is 0.438. The molecule has 0 aromatic carbocycles. The van der Waals surface area contributed by atoms with Crippen LogP contribution in [0.5, 0.6) is 0 Å². The van der Waals surface area contributed by atoms with E-state index in [1.807, 2.05) is 0 Å². The number of imidazole rings is 1. The monoisotopic (exact) mass is 357 g/mol. The number of amides is 1. The van der Waals surface area contributed by atoms with Crippen molar-refractivity contribution in [2.24, 2.45) is 0 Å². The number of aromatic nitrogens is 5. The molecular formula is C16H19N7O3. The average Bonchev–Trinajstić information content (AvgIpc) is 3.21. The van der Waals surface area contributed by atoms with Gasteiger partial charge in [-0.05, 0) is 20.3 Å². The van der Waals surface area contributed by atoms with Crippen LogP contribution in [0.15, 0.2) is 23.2 Å². The molecule has 1 saturated heterocycles. The Hall–Kier alpha value is -3.01. The summed E-state index contributed by atoms with van der Waals surface area (Å²) in [5.41, 5.74) is 6.35. The van der Waals surface area contributed by atoms with Crippen LogP contribution in [-0.2, 0) is 0 Å². The van der Waals surface area contributed by atoms with Crippen molar-refractivity contribution in [1.82, 2.24) is 29.6 Å². The molecule has 0 bridgehead atoms. The van der Waals surface area contributed by atoms with Gasteiger partial charge in [0.15, 0.2) is 11.5 Å². The van der Waals surface area contributed by atoms with Gasteiger partial charge >= 0.3 is 0 Å². The molecule has 10 heteroatoms. The Morgan fingerprint density at radius 3 is 2.92 bits per heavy atom. The molecule has 4 heterocycles. The zero-order valence-electron chi connectivity index (χ0n) is 14.5. The van der Waals surface area contributed by atoms with Crippen molar-refractivity contribution in [1.29, 1.82) is 0 Å². The number of hydrogen-bond acceptors (Lipinski definition) is 8. The second kappa shape index (κ2) is 5.77. The molecule has 4 rings (SSSR count). The highest BCUT2D eigenvalue weighted by atomic mass is 16.5. The number of nitrogens with zero attached hydrogens (tertiary/aromatic N) is 6. The van der Waals surface area contributed by atoms with Gasteiger partial charge in [0.2, 0.25) is 5.76 Å². The largest absolute Gasteiger partial charge is 0.386 e. The molecule has 2 atom stereocenters. The van der Waals surface area contributed by atoms with E-state index in [2.05, 4.69) is 20.1 Å². The number of aliphatic hydroxyl groups is 1. The summed E-state index contributed by atoms with van der Waals surface area (Å²) >= 11 is 0. The van der Waals surface area contributed by atoms with Crippen LogP contribution in [0.1, 0.15) is 35.6 Å². The lowest BCUT2D eigenvalue weighted by molar-refractivity contribution is -0.0487. The van der Waals surface area contributed by atoms with Crippen LogP contribution in [-0.4, -0.2) is 59.3 Å². The number of rotatable bonds is 2. The van der Waals surface area contributed by atoms with Gasteiger partial charge in [-0.1, -0.05) is 5.16 Å². The van der Waals surface area contributed by atoms with E-state index >= 15 is 0 Å². The van der Waals surface area contributed by atoms with Gasteiger partial charge in [0, 0.05) is 12.6 Å². The Labute approximate surface area is 148 Å². The van der Waals surface area contributed by atoms with Crippen molar-refractivity contribution >= 4 is 22.9 Å². The predicted octanol–water partition coefficient (Wildman–Crippen LogP) is 0.543. The molecule has 0 unspecified atom stereocenters. The van der Waals surface area contributed by atoms with Gasteiger partial charge in [0.05, 0.1) is 24.6 Å². The van der Waals surface area contributed by atoms with Gasteiger partial charge in [0.25, 0.3) is 5.91 Å². The molecule has 0 aliphatic carbocycles. The quantitative estimate of drug-likeness (QED) is 0.678. The third-order valence-corrected chi connectivity index (χ3v) is 4.75. The van der Waals surface area contributed by atoms with E-state index in [-0.39, 0.29) is 24.3 Å². The van der Waals surface area contributed by atoms with Crippen molar-refractivity contribution < 1.29 is 14.4 Å². The van der Waals surface area contributed by atoms with Crippen LogP contribution in [0, 0.1) is 6.92 Å². The summed E-state index contributed by atoms with van der Waals surface area (Å²) in [6, 6.07) is 1.29. The van der Waals surface area contributed by atoms with Crippen LogP contribution in [0.2, 0.25) is 0 Å². The molecule has 3 aromatic rings. The Morgan fingerprint density at radius 1 is 1.42 bits per heavy atom. The maximum absolute atomic E-state index is 12.6. The number of fused-ring (bicyclic) bond motifs is 1. The number of nitrogens with two attached hydrogens (primary N) is 1. The number of hydrogen-bond donors (Lipinski definition) is 2.